The minimum Gasteiger partial charge on any atom is -0.435 e. The van der Waals surface area contributed by atoms with Gasteiger partial charge in [0.2, 0.25) is 5.91 Å². The van der Waals surface area contributed by atoms with Crippen molar-refractivity contribution in [3.63, 3.8) is 0 Å². The molecule has 2 aromatic carbocycles. The van der Waals surface area contributed by atoms with Gasteiger partial charge in [0.1, 0.15) is 16.5 Å². The van der Waals surface area contributed by atoms with Gasteiger partial charge in [-0.25, -0.2) is 8.42 Å². The van der Waals surface area contributed by atoms with E-state index >= 15 is 0 Å². The fraction of sp³-hybridized carbons (Fsp3) is 0.440. The minimum absolute atomic E-state index is 0.0502. The van der Waals surface area contributed by atoms with Crippen molar-refractivity contribution in [1.29, 1.82) is 0 Å². The average Bonchev–Trinajstić information content (AvgIpc) is 3.37. The molecular weight excluding hydrogens is 478 g/mol. The molecule has 35 heavy (non-hydrogen) atoms. The summed E-state index contributed by atoms with van der Waals surface area (Å²) >= 11 is 0. The first-order chi connectivity index (χ1) is 16.6. The van der Waals surface area contributed by atoms with Crippen molar-refractivity contribution >= 4 is 33.9 Å². The summed E-state index contributed by atoms with van der Waals surface area (Å²) in [5.41, 5.74) is 0.360. The smallest absolute Gasteiger partial charge is 0.387 e. The van der Waals surface area contributed by atoms with Gasteiger partial charge in [0.05, 0.1) is 28.1 Å². The number of thiol groups is 1. The number of alkyl halides is 2. The number of nitrogens with zero attached hydrogens (tertiary/aromatic N) is 1. The van der Waals surface area contributed by atoms with Crippen molar-refractivity contribution in [2.45, 2.75) is 63.5 Å². The largest absolute Gasteiger partial charge is 0.435 e. The molecule has 1 heterocycles. The molecule has 1 saturated carbocycles. The Morgan fingerprint density at radius 2 is 1.91 bits per heavy atom. The second kappa shape index (κ2) is 9.56. The lowest BCUT2D eigenvalue weighted by Gasteiger charge is -2.27. The van der Waals surface area contributed by atoms with Crippen LogP contribution in [0.15, 0.2) is 42.5 Å². The maximum absolute atomic E-state index is 13.8. The van der Waals surface area contributed by atoms with Crippen LogP contribution in [-0.2, 0) is 20.9 Å². The molecule has 1 N–H and O–H groups in total. The van der Waals surface area contributed by atoms with Crippen molar-refractivity contribution in [2.24, 2.45) is 0 Å². The van der Waals surface area contributed by atoms with Crippen LogP contribution in [-0.4, -0.2) is 38.1 Å². The predicted molar refractivity (Wildman–Crippen MR) is 128 cm³/mol. The van der Waals surface area contributed by atoms with Gasteiger partial charge in [-0.15, -0.1) is 0 Å². The molecule has 2 aliphatic rings. The molecule has 7 nitrogen and oxygen atoms in total. The number of benzene rings is 2. The Kier molecular flexibility index (Phi) is 6.86. The number of amides is 2. The number of anilines is 2. The van der Waals surface area contributed by atoms with Crippen LogP contribution in [0.1, 0.15) is 61.9 Å². The Hall–Kier alpha value is -3.01. The molecule has 1 atom stereocenters. The molecule has 0 saturated heterocycles. The van der Waals surface area contributed by atoms with E-state index in [1.165, 1.54) is 17.0 Å². The monoisotopic (exact) mass is 506 g/mol. The number of halogens is 2. The molecule has 188 valence electrons. The molecule has 0 radical (unpaired) electrons. The number of hydrogen-bond donors (Lipinski definition) is 2. The third-order valence-electron chi connectivity index (χ3n) is 7.06. The van der Waals surface area contributed by atoms with E-state index in [-0.39, 0.29) is 17.4 Å². The molecule has 0 aromatic heterocycles. The van der Waals surface area contributed by atoms with Gasteiger partial charge < -0.3 is 10.1 Å². The molecular formula is C25H28F2N2O5S. The number of ether oxygens (including phenoxy) is 1. The quantitative estimate of drug-likeness (QED) is 0.521. The summed E-state index contributed by atoms with van der Waals surface area (Å²) in [6, 6.07) is 11.0. The SMILES string of the molecule is CC[C@](C)(C[SH](=O)=O)NC(=O)c1ccc2c(c1)C1(CCCC1)C(=O)N2c1cccc(OC(F)F)c1. The van der Waals surface area contributed by atoms with E-state index < -0.39 is 34.2 Å². The van der Waals surface area contributed by atoms with Crippen molar-refractivity contribution in [3.05, 3.63) is 53.6 Å². The Morgan fingerprint density at radius 1 is 1.20 bits per heavy atom. The molecule has 0 unspecified atom stereocenters. The van der Waals surface area contributed by atoms with Gasteiger partial charge in [0, 0.05) is 11.6 Å². The zero-order chi connectivity index (χ0) is 25.4. The van der Waals surface area contributed by atoms with Crippen LogP contribution in [0.25, 0.3) is 0 Å². The van der Waals surface area contributed by atoms with Crippen molar-refractivity contribution in [3.8, 4) is 5.75 Å². The summed E-state index contributed by atoms with van der Waals surface area (Å²) in [6.07, 6.45) is 3.39. The first-order valence-corrected chi connectivity index (χ1v) is 12.9. The Balaban J connectivity index is 1.73. The van der Waals surface area contributed by atoms with Crippen LogP contribution in [0.5, 0.6) is 5.75 Å². The van der Waals surface area contributed by atoms with Crippen LogP contribution < -0.4 is 15.0 Å². The molecule has 1 aliphatic carbocycles. The van der Waals surface area contributed by atoms with Crippen molar-refractivity contribution in [2.75, 3.05) is 10.7 Å². The fourth-order valence-electron chi connectivity index (χ4n) is 5.08. The molecule has 1 fully saturated rings. The second-order valence-electron chi connectivity index (χ2n) is 9.40. The van der Waals surface area contributed by atoms with Crippen LogP contribution in [0.3, 0.4) is 0 Å². The van der Waals surface area contributed by atoms with Gasteiger partial charge in [-0.05, 0) is 62.1 Å². The zero-order valence-electron chi connectivity index (χ0n) is 19.6. The molecule has 0 bridgehead atoms. The van der Waals surface area contributed by atoms with Crippen LogP contribution in [0.2, 0.25) is 0 Å². The van der Waals surface area contributed by atoms with Gasteiger partial charge in [-0.2, -0.15) is 8.78 Å². The number of carbonyl (C=O) groups excluding carboxylic acids is 2. The summed E-state index contributed by atoms with van der Waals surface area (Å²) in [5.74, 6) is -0.799. The van der Waals surface area contributed by atoms with Gasteiger partial charge in [0.25, 0.3) is 5.91 Å². The zero-order valence-corrected chi connectivity index (χ0v) is 20.4. The van der Waals surface area contributed by atoms with E-state index in [0.29, 0.717) is 36.2 Å². The number of nitrogens with one attached hydrogen (secondary N) is 1. The number of fused-ring (bicyclic) bond motifs is 2. The normalized spacial score (nSPS) is 18.2. The number of hydrogen-bond acceptors (Lipinski definition) is 5. The van der Waals surface area contributed by atoms with Crippen LogP contribution in [0, 0.1) is 0 Å². The maximum atomic E-state index is 13.8. The molecule has 1 spiro atoms. The Bertz CT molecular complexity index is 1220. The second-order valence-corrected chi connectivity index (χ2v) is 10.4. The van der Waals surface area contributed by atoms with E-state index in [9.17, 15) is 26.8 Å². The highest BCUT2D eigenvalue weighted by Crippen LogP contribution is 2.53. The lowest BCUT2D eigenvalue weighted by atomic mass is 9.79. The predicted octanol–water partition coefficient (Wildman–Crippen LogP) is 4.29. The summed E-state index contributed by atoms with van der Waals surface area (Å²) < 4.78 is 52.6. The summed E-state index contributed by atoms with van der Waals surface area (Å²) in [5, 5.41) is 2.83. The van der Waals surface area contributed by atoms with Gasteiger partial charge in [0.15, 0.2) is 0 Å². The minimum atomic E-state index is -2.98. The molecule has 2 amide bonds. The molecule has 4 rings (SSSR count). The first-order valence-electron chi connectivity index (χ1n) is 11.6. The van der Waals surface area contributed by atoms with E-state index in [4.69, 9.17) is 0 Å². The summed E-state index contributed by atoms with van der Waals surface area (Å²) in [4.78, 5) is 28.4. The fourth-order valence-corrected chi connectivity index (χ4v) is 5.95. The molecule has 10 heteroatoms. The van der Waals surface area contributed by atoms with E-state index in [1.54, 1.807) is 44.2 Å². The van der Waals surface area contributed by atoms with Crippen LogP contribution in [0.4, 0.5) is 20.2 Å². The maximum Gasteiger partial charge on any atom is 0.387 e. The van der Waals surface area contributed by atoms with E-state index in [2.05, 4.69) is 10.1 Å². The van der Waals surface area contributed by atoms with Gasteiger partial charge >= 0.3 is 6.61 Å². The highest BCUT2D eigenvalue weighted by molar-refractivity contribution is 7.72. The van der Waals surface area contributed by atoms with Gasteiger partial charge in [-0.1, -0.05) is 25.8 Å². The topological polar surface area (TPSA) is 92.8 Å². The third-order valence-corrected chi connectivity index (χ3v) is 8.02. The lowest BCUT2D eigenvalue weighted by Crippen LogP contribution is -2.48. The van der Waals surface area contributed by atoms with Crippen molar-refractivity contribution < 1.29 is 31.5 Å². The molecule has 1 aliphatic heterocycles. The molecule has 2 aromatic rings. The van der Waals surface area contributed by atoms with Gasteiger partial charge in [-0.3, -0.25) is 14.5 Å². The van der Waals surface area contributed by atoms with E-state index in [1.807, 2.05) is 0 Å². The van der Waals surface area contributed by atoms with Crippen molar-refractivity contribution in [1.82, 2.24) is 5.32 Å². The Morgan fingerprint density at radius 3 is 2.54 bits per heavy atom. The summed E-state index contributed by atoms with van der Waals surface area (Å²) in [6.45, 7) is 0.502. The first kappa shape index (κ1) is 25.1. The number of rotatable bonds is 8. The lowest BCUT2D eigenvalue weighted by molar-refractivity contribution is -0.122. The van der Waals surface area contributed by atoms with E-state index in [0.717, 1.165) is 18.4 Å². The highest BCUT2D eigenvalue weighted by atomic mass is 32.2. The highest BCUT2D eigenvalue weighted by Gasteiger charge is 2.52. The average molecular weight is 507 g/mol. The standard InChI is InChI=1S/C25H28F2N2O5S/c1-3-24(2,15-35(32)33)28-21(30)16-9-10-20-19(13-16)25(11-4-5-12-25)22(31)29(20)17-7-6-8-18(14-17)34-23(26)27/h6-10,13-14,23,35H,3-5,11-12,15H2,1-2H3,(H,28,30)/t24-/m1/s1. The third kappa shape index (κ3) is 4.76. The summed E-state index contributed by atoms with van der Waals surface area (Å²) in [7, 11) is -2.68. The Labute approximate surface area is 204 Å². The number of carbonyl (C=O) groups is 2. The van der Waals surface area contributed by atoms with Crippen LogP contribution >= 0.6 is 0 Å².